The number of pyridine rings is 1. The van der Waals surface area contributed by atoms with Crippen molar-refractivity contribution in [3.8, 4) is 0 Å². The molecule has 3 amide bonds. The van der Waals surface area contributed by atoms with Gasteiger partial charge >= 0.3 is 6.09 Å². The third kappa shape index (κ3) is 4.35. The molecule has 0 radical (unpaired) electrons. The molecule has 136 valence electrons. The predicted octanol–water partition coefficient (Wildman–Crippen LogP) is 2.62. The lowest BCUT2D eigenvalue weighted by atomic mass is 9.86. The Morgan fingerprint density at radius 1 is 1.16 bits per heavy atom. The molecule has 1 aromatic rings. The molecule has 1 aromatic heterocycles. The zero-order valence-electron chi connectivity index (χ0n) is 15.5. The lowest BCUT2D eigenvalue weighted by molar-refractivity contribution is 0.0410. The van der Waals surface area contributed by atoms with E-state index in [1.54, 1.807) is 20.8 Å². The van der Waals surface area contributed by atoms with E-state index >= 15 is 0 Å². The smallest absolute Gasteiger partial charge is 0.407 e. The van der Waals surface area contributed by atoms with E-state index in [4.69, 9.17) is 4.74 Å². The molecule has 1 atom stereocenters. The third-order valence-corrected chi connectivity index (χ3v) is 3.87. The lowest BCUT2D eigenvalue weighted by Crippen LogP contribution is -2.52. The Labute approximate surface area is 147 Å². The van der Waals surface area contributed by atoms with Gasteiger partial charge in [0.1, 0.15) is 5.60 Å². The summed E-state index contributed by atoms with van der Waals surface area (Å²) in [6, 6.07) is 1.07. The van der Waals surface area contributed by atoms with Gasteiger partial charge in [0.2, 0.25) is 0 Å². The van der Waals surface area contributed by atoms with Gasteiger partial charge in [-0.05, 0) is 32.3 Å². The fourth-order valence-electron chi connectivity index (χ4n) is 2.47. The van der Waals surface area contributed by atoms with E-state index < -0.39 is 23.6 Å². The van der Waals surface area contributed by atoms with Crippen molar-refractivity contribution in [1.29, 1.82) is 0 Å². The highest BCUT2D eigenvalue weighted by Gasteiger charge is 2.39. The zero-order valence-corrected chi connectivity index (χ0v) is 15.5. The largest absolute Gasteiger partial charge is 0.444 e. The number of fused-ring (bicyclic) bond motifs is 1. The number of amides is 3. The van der Waals surface area contributed by atoms with Gasteiger partial charge < -0.3 is 10.1 Å². The average molecular weight is 347 g/mol. The van der Waals surface area contributed by atoms with E-state index in [0.717, 1.165) is 4.90 Å². The summed E-state index contributed by atoms with van der Waals surface area (Å²) >= 11 is 0. The summed E-state index contributed by atoms with van der Waals surface area (Å²) in [4.78, 5) is 42.2. The molecule has 0 spiro atoms. The molecule has 25 heavy (non-hydrogen) atoms. The molecule has 0 bridgehead atoms. The highest BCUT2D eigenvalue weighted by molar-refractivity contribution is 6.21. The first kappa shape index (κ1) is 18.9. The van der Waals surface area contributed by atoms with Crippen molar-refractivity contribution in [3.05, 3.63) is 29.6 Å². The van der Waals surface area contributed by atoms with Gasteiger partial charge in [0.25, 0.3) is 11.8 Å². The minimum absolute atomic E-state index is 0.0646. The van der Waals surface area contributed by atoms with E-state index in [1.165, 1.54) is 18.5 Å². The highest BCUT2D eigenvalue weighted by Crippen LogP contribution is 2.26. The van der Waals surface area contributed by atoms with Crippen LogP contribution < -0.4 is 5.32 Å². The molecule has 0 fully saturated rings. The van der Waals surface area contributed by atoms with Crippen LogP contribution in [0.2, 0.25) is 0 Å². The monoisotopic (exact) mass is 347 g/mol. The molecule has 0 saturated heterocycles. The molecule has 2 heterocycles. The van der Waals surface area contributed by atoms with Crippen LogP contribution in [0.3, 0.4) is 0 Å². The van der Waals surface area contributed by atoms with E-state index in [0.29, 0.717) is 5.56 Å². The summed E-state index contributed by atoms with van der Waals surface area (Å²) in [5.74, 6) is -0.768. The number of hydrogen-bond donors (Lipinski definition) is 1. The number of aromatic nitrogens is 1. The number of imide groups is 1. The number of rotatable bonds is 3. The van der Waals surface area contributed by atoms with E-state index in [9.17, 15) is 14.4 Å². The Morgan fingerprint density at radius 2 is 1.76 bits per heavy atom. The average Bonchev–Trinajstić information content (AvgIpc) is 2.69. The van der Waals surface area contributed by atoms with Crippen LogP contribution in [0.4, 0.5) is 4.79 Å². The fraction of sp³-hybridized carbons (Fsp3) is 0.556. The van der Waals surface area contributed by atoms with Gasteiger partial charge in [-0.1, -0.05) is 20.8 Å². The second-order valence-corrected chi connectivity index (χ2v) is 8.21. The van der Waals surface area contributed by atoms with E-state index in [2.05, 4.69) is 10.3 Å². The Balaban J connectivity index is 2.18. The number of hydrogen-bond acceptors (Lipinski definition) is 5. The summed E-state index contributed by atoms with van der Waals surface area (Å²) < 4.78 is 5.29. The first-order valence-electron chi connectivity index (χ1n) is 8.20. The van der Waals surface area contributed by atoms with Crippen molar-refractivity contribution in [2.45, 2.75) is 53.2 Å². The van der Waals surface area contributed by atoms with E-state index in [1.807, 2.05) is 20.8 Å². The molecular formula is C18H25N3O4. The van der Waals surface area contributed by atoms with Crippen molar-refractivity contribution in [2.24, 2.45) is 5.41 Å². The second-order valence-electron chi connectivity index (χ2n) is 8.21. The maximum Gasteiger partial charge on any atom is 0.407 e. The molecular weight excluding hydrogens is 322 g/mol. The molecule has 7 heteroatoms. The molecule has 0 unspecified atom stereocenters. The molecule has 1 aliphatic rings. The SMILES string of the molecule is CC(C)(C)OC(=O)N[C@H](CN1C(=O)c2ccncc2C1=O)C(C)(C)C. The maximum atomic E-state index is 12.5. The van der Waals surface area contributed by atoms with Crippen molar-refractivity contribution in [3.63, 3.8) is 0 Å². The quantitative estimate of drug-likeness (QED) is 0.849. The van der Waals surface area contributed by atoms with Crippen molar-refractivity contribution < 1.29 is 19.1 Å². The summed E-state index contributed by atoms with van der Waals surface area (Å²) in [7, 11) is 0. The van der Waals surface area contributed by atoms with Gasteiger partial charge in [0, 0.05) is 12.4 Å². The minimum atomic E-state index is -0.631. The Bertz CT molecular complexity index is 666. The molecule has 0 aromatic carbocycles. The van der Waals surface area contributed by atoms with Gasteiger partial charge in [0.15, 0.2) is 0 Å². The van der Waals surface area contributed by atoms with Gasteiger partial charge in [-0.3, -0.25) is 19.5 Å². The topological polar surface area (TPSA) is 88.6 Å². The number of carbonyl (C=O) groups is 3. The van der Waals surface area contributed by atoms with E-state index in [-0.39, 0.29) is 23.4 Å². The minimum Gasteiger partial charge on any atom is -0.444 e. The number of ether oxygens (including phenoxy) is 1. The van der Waals surface area contributed by atoms with Crippen LogP contribution in [-0.4, -0.2) is 46.0 Å². The molecule has 1 aliphatic heterocycles. The molecule has 2 rings (SSSR count). The van der Waals surface area contributed by atoms with Crippen molar-refractivity contribution >= 4 is 17.9 Å². The fourth-order valence-corrected chi connectivity index (χ4v) is 2.47. The van der Waals surface area contributed by atoms with Crippen LogP contribution in [-0.2, 0) is 4.74 Å². The van der Waals surface area contributed by atoms with Crippen LogP contribution in [0.1, 0.15) is 62.3 Å². The number of alkyl carbamates (subject to hydrolysis) is 1. The first-order chi connectivity index (χ1) is 11.4. The molecule has 0 aliphatic carbocycles. The number of carbonyl (C=O) groups excluding carboxylic acids is 3. The summed E-state index contributed by atoms with van der Waals surface area (Å²) in [6.07, 6.45) is 2.29. The van der Waals surface area contributed by atoms with Crippen molar-refractivity contribution in [2.75, 3.05) is 6.54 Å². The normalized spacial score (nSPS) is 15.8. The summed E-state index contributed by atoms with van der Waals surface area (Å²) in [5, 5.41) is 2.79. The number of nitrogens with zero attached hydrogens (tertiary/aromatic N) is 2. The highest BCUT2D eigenvalue weighted by atomic mass is 16.6. The standard InChI is InChI=1S/C18H25N3O4/c1-17(2,3)13(20-16(24)25-18(4,5)6)10-21-14(22)11-7-8-19-9-12(11)15(21)23/h7-9,13H,10H2,1-6H3,(H,20,24)/t13-/m1/s1. The number of nitrogens with one attached hydrogen (secondary N) is 1. The van der Waals surface area contributed by atoms with Crippen LogP contribution in [0.5, 0.6) is 0 Å². The van der Waals surface area contributed by atoms with Crippen LogP contribution in [0.15, 0.2) is 18.5 Å². The molecule has 1 N–H and O–H groups in total. The van der Waals surface area contributed by atoms with Crippen LogP contribution in [0.25, 0.3) is 0 Å². The lowest BCUT2D eigenvalue weighted by Gasteiger charge is -2.34. The Hall–Kier alpha value is -2.44. The Morgan fingerprint density at radius 3 is 2.28 bits per heavy atom. The van der Waals surface area contributed by atoms with Gasteiger partial charge in [0.05, 0.1) is 23.7 Å². The van der Waals surface area contributed by atoms with Crippen molar-refractivity contribution in [1.82, 2.24) is 15.2 Å². The maximum absolute atomic E-state index is 12.5. The summed E-state index contributed by atoms with van der Waals surface area (Å²) in [6.45, 7) is 11.2. The van der Waals surface area contributed by atoms with Crippen LogP contribution >= 0.6 is 0 Å². The summed E-state index contributed by atoms with van der Waals surface area (Å²) in [5.41, 5.74) is -0.388. The molecule has 7 nitrogen and oxygen atoms in total. The van der Waals surface area contributed by atoms with Gasteiger partial charge in [-0.25, -0.2) is 4.79 Å². The van der Waals surface area contributed by atoms with Gasteiger partial charge in [-0.15, -0.1) is 0 Å². The third-order valence-electron chi connectivity index (χ3n) is 3.87. The zero-order chi connectivity index (χ0) is 19.0. The molecule has 0 saturated carbocycles. The second kappa shape index (κ2) is 6.46. The predicted molar refractivity (Wildman–Crippen MR) is 92.2 cm³/mol. The van der Waals surface area contributed by atoms with Gasteiger partial charge in [-0.2, -0.15) is 0 Å². The van der Waals surface area contributed by atoms with Crippen LogP contribution in [0, 0.1) is 5.41 Å². The Kier molecular flexibility index (Phi) is 4.88. The first-order valence-corrected chi connectivity index (χ1v) is 8.20.